The van der Waals surface area contributed by atoms with Crippen molar-refractivity contribution in [3.8, 4) is 0 Å². The maximum atomic E-state index is 12.3. The lowest BCUT2D eigenvalue weighted by molar-refractivity contribution is -0.122. The van der Waals surface area contributed by atoms with E-state index >= 15 is 0 Å². The second-order valence-corrected chi connectivity index (χ2v) is 7.85. The van der Waals surface area contributed by atoms with Gasteiger partial charge in [-0.25, -0.2) is 0 Å². The average Bonchev–Trinajstić information content (AvgIpc) is 2.38. The van der Waals surface area contributed by atoms with Gasteiger partial charge in [-0.3, -0.25) is 4.79 Å². The fourth-order valence-electron chi connectivity index (χ4n) is 1.72. The predicted octanol–water partition coefficient (Wildman–Crippen LogP) is 3.86. The number of amides is 1. The first-order chi connectivity index (χ1) is 9.35. The highest BCUT2D eigenvalue weighted by Crippen LogP contribution is 2.33. The van der Waals surface area contributed by atoms with E-state index in [4.69, 9.17) is 0 Å². The van der Waals surface area contributed by atoms with Crippen LogP contribution in [0, 0.1) is 0 Å². The molecule has 1 amide bonds. The zero-order chi connectivity index (χ0) is 15.2. The van der Waals surface area contributed by atoms with E-state index in [1.54, 1.807) is 11.8 Å². The Hall–Kier alpha value is -0.230. The van der Waals surface area contributed by atoms with Crippen molar-refractivity contribution in [2.75, 3.05) is 13.1 Å². The standard InChI is InChI=1S/C15H23BrN2OS.ClH/c1-5-17-11(2)10-18-14(19)15(3,4)20-13-8-6-12(16)7-9-13;/h6-9,11,17H,5,10H2,1-4H3,(H,18,19);1H/t11-;/m1./s1. The van der Waals surface area contributed by atoms with E-state index in [1.807, 2.05) is 38.1 Å². The van der Waals surface area contributed by atoms with E-state index in [2.05, 4.69) is 40.4 Å². The van der Waals surface area contributed by atoms with Crippen molar-refractivity contribution in [3.05, 3.63) is 28.7 Å². The summed E-state index contributed by atoms with van der Waals surface area (Å²) in [6.45, 7) is 9.59. The lowest BCUT2D eigenvalue weighted by atomic mass is 10.2. The molecule has 0 aromatic heterocycles. The molecule has 3 nitrogen and oxygen atoms in total. The Kier molecular flexibility index (Phi) is 9.61. The summed E-state index contributed by atoms with van der Waals surface area (Å²) in [5.74, 6) is 0.0650. The molecule has 6 heteroatoms. The molecular formula is C15H24BrClN2OS. The van der Waals surface area contributed by atoms with Gasteiger partial charge in [0.15, 0.2) is 0 Å². The number of hydrogen-bond acceptors (Lipinski definition) is 3. The third-order valence-electron chi connectivity index (χ3n) is 2.85. The number of likely N-dealkylation sites (N-methyl/N-ethyl adjacent to an activating group) is 1. The third kappa shape index (κ3) is 7.54. The molecule has 0 saturated carbocycles. The SMILES string of the molecule is CCN[C@H](C)CNC(=O)C(C)(C)Sc1ccc(Br)cc1.Cl. The van der Waals surface area contributed by atoms with E-state index in [-0.39, 0.29) is 24.4 Å². The van der Waals surface area contributed by atoms with Crippen LogP contribution in [-0.4, -0.2) is 29.8 Å². The molecule has 0 aliphatic rings. The van der Waals surface area contributed by atoms with Crippen molar-refractivity contribution in [2.24, 2.45) is 0 Å². The Morgan fingerprint density at radius 2 is 1.90 bits per heavy atom. The quantitative estimate of drug-likeness (QED) is 0.689. The number of benzene rings is 1. The molecule has 0 radical (unpaired) electrons. The van der Waals surface area contributed by atoms with Gasteiger partial charge in [0.25, 0.3) is 0 Å². The van der Waals surface area contributed by atoms with Gasteiger partial charge >= 0.3 is 0 Å². The lowest BCUT2D eigenvalue weighted by Crippen LogP contribution is -2.45. The van der Waals surface area contributed by atoms with Gasteiger partial charge in [-0.2, -0.15) is 0 Å². The first kappa shape index (κ1) is 20.8. The fourth-order valence-corrected chi connectivity index (χ4v) is 3.01. The van der Waals surface area contributed by atoms with Crippen LogP contribution in [0.1, 0.15) is 27.7 Å². The van der Waals surface area contributed by atoms with Crippen LogP contribution in [0.25, 0.3) is 0 Å². The normalized spacial score (nSPS) is 12.4. The summed E-state index contributed by atoms with van der Waals surface area (Å²) in [6, 6.07) is 8.31. The molecule has 0 spiro atoms. The van der Waals surface area contributed by atoms with E-state index in [0.717, 1.165) is 15.9 Å². The topological polar surface area (TPSA) is 41.1 Å². The smallest absolute Gasteiger partial charge is 0.236 e. The van der Waals surface area contributed by atoms with Crippen LogP contribution in [0.2, 0.25) is 0 Å². The maximum Gasteiger partial charge on any atom is 0.236 e. The van der Waals surface area contributed by atoms with Gasteiger partial charge in [-0.15, -0.1) is 24.2 Å². The fraction of sp³-hybridized carbons (Fsp3) is 0.533. The molecule has 0 fully saturated rings. The van der Waals surface area contributed by atoms with Crippen LogP contribution >= 0.6 is 40.1 Å². The minimum atomic E-state index is -0.486. The summed E-state index contributed by atoms with van der Waals surface area (Å²) in [5.41, 5.74) is 0. The molecule has 21 heavy (non-hydrogen) atoms. The number of hydrogen-bond donors (Lipinski definition) is 2. The largest absolute Gasteiger partial charge is 0.353 e. The monoisotopic (exact) mass is 394 g/mol. The van der Waals surface area contributed by atoms with Gasteiger partial charge in [-0.05, 0) is 51.6 Å². The van der Waals surface area contributed by atoms with E-state index < -0.39 is 4.75 Å². The highest BCUT2D eigenvalue weighted by molar-refractivity contribution is 9.10. The molecule has 1 atom stereocenters. The van der Waals surface area contributed by atoms with Gasteiger partial charge in [0, 0.05) is 22.0 Å². The number of nitrogens with one attached hydrogen (secondary N) is 2. The molecule has 1 aromatic rings. The summed E-state index contributed by atoms with van der Waals surface area (Å²) in [5, 5.41) is 6.29. The Labute approximate surface area is 146 Å². The van der Waals surface area contributed by atoms with Crippen molar-refractivity contribution in [1.82, 2.24) is 10.6 Å². The highest BCUT2D eigenvalue weighted by atomic mass is 79.9. The highest BCUT2D eigenvalue weighted by Gasteiger charge is 2.28. The molecule has 0 unspecified atom stereocenters. The van der Waals surface area contributed by atoms with Gasteiger partial charge < -0.3 is 10.6 Å². The van der Waals surface area contributed by atoms with Gasteiger partial charge in [-0.1, -0.05) is 22.9 Å². The van der Waals surface area contributed by atoms with E-state index in [0.29, 0.717) is 6.54 Å². The van der Waals surface area contributed by atoms with Crippen molar-refractivity contribution in [3.63, 3.8) is 0 Å². The zero-order valence-electron chi connectivity index (χ0n) is 12.9. The molecule has 0 aliphatic carbocycles. The Morgan fingerprint density at radius 1 is 1.33 bits per heavy atom. The second-order valence-electron chi connectivity index (χ2n) is 5.24. The zero-order valence-corrected chi connectivity index (χ0v) is 16.1. The molecule has 0 heterocycles. The molecule has 0 saturated heterocycles. The number of halogens is 2. The molecular weight excluding hydrogens is 372 g/mol. The third-order valence-corrected chi connectivity index (χ3v) is 4.59. The number of rotatable bonds is 7. The second kappa shape index (κ2) is 9.72. The number of thioether (sulfide) groups is 1. The Bertz CT molecular complexity index is 440. The minimum Gasteiger partial charge on any atom is -0.353 e. The molecule has 0 aliphatic heterocycles. The molecule has 0 bridgehead atoms. The van der Waals surface area contributed by atoms with Gasteiger partial charge in [0.05, 0.1) is 4.75 Å². The summed E-state index contributed by atoms with van der Waals surface area (Å²) in [4.78, 5) is 13.4. The molecule has 1 aromatic carbocycles. The van der Waals surface area contributed by atoms with Gasteiger partial charge in [0.1, 0.15) is 0 Å². The number of carbonyl (C=O) groups excluding carboxylic acids is 1. The average molecular weight is 396 g/mol. The first-order valence-corrected chi connectivity index (χ1v) is 8.42. The van der Waals surface area contributed by atoms with Crippen molar-refractivity contribution in [1.29, 1.82) is 0 Å². The Balaban J connectivity index is 0.00000400. The van der Waals surface area contributed by atoms with Crippen LogP contribution < -0.4 is 10.6 Å². The van der Waals surface area contributed by atoms with Crippen molar-refractivity contribution >= 4 is 46.0 Å². The van der Waals surface area contributed by atoms with E-state index in [9.17, 15) is 4.79 Å². The lowest BCUT2D eigenvalue weighted by Gasteiger charge is -2.24. The summed E-state index contributed by atoms with van der Waals surface area (Å²) in [6.07, 6.45) is 0. The van der Waals surface area contributed by atoms with Crippen LogP contribution in [0.3, 0.4) is 0 Å². The maximum absolute atomic E-state index is 12.3. The van der Waals surface area contributed by atoms with Crippen LogP contribution in [0.5, 0.6) is 0 Å². The van der Waals surface area contributed by atoms with E-state index in [1.165, 1.54) is 0 Å². The Morgan fingerprint density at radius 3 is 2.43 bits per heavy atom. The van der Waals surface area contributed by atoms with Crippen LogP contribution in [-0.2, 0) is 4.79 Å². The van der Waals surface area contributed by atoms with Gasteiger partial charge in [0.2, 0.25) is 5.91 Å². The summed E-state index contributed by atoms with van der Waals surface area (Å²) < 4.78 is 0.559. The summed E-state index contributed by atoms with van der Waals surface area (Å²) in [7, 11) is 0. The summed E-state index contributed by atoms with van der Waals surface area (Å²) >= 11 is 4.99. The van der Waals surface area contributed by atoms with Crippen molar-refractivity contribution in [2.45, 2.75) is 43.4 Å². The van der Waals surface area contributed by atoms with Crippen LogP contribution in [0.4, 0.5) is 0 Å². The molecule has 120 valence electrons. The number of carbonyl (C=O) groups is 1. The van der Waals surface area contributed by atoms with Crippen molar-refractivity contribution < 1.29 is 4.79 Å². The molecule has 2 N–H and O–H groups in total. The first-order valence-electron chi connectivity index (χ1n) is 6.81. The minimum absolute atomic E-state index is 0. The predicted molar refractivity (Wildman–Crippen MR) is 97.5 cm³/mol. The molecule has 1 rings (SSSR count). The van der Waals surface area contributed by atoms with Crippen LogP contribution in [0.15, 0.2) is 33.6 Å².